The summed E-state index contributed by atoms with van der Waals surface area (Å²) in [6, 6.07) is 25.4. The smallest absolute Gasteiger partial charge is 0.240 e. The number of nitrogens with zero attached hydrogens (tertiary/aromatic N) is 5. The van der Waals surface area contributed by atoms with Gasteiger partial charge in [0.05, 0.1) is 33.1 Å². The summed E-state index contributed by atoms with van der Waals surface area (Å²) in [4.78, 5) is 26.4. The van der Waals surface area contributed by atoms with Crippen LogP contribution in [0.1, 0.15) is 30.5 Å². The highest BCUT2D eigenvalue weighted by atomic mass is 35.5. The zero-order valence-corrected chi connectivity index (χ0v) is 28.5. The highest BCUT2D eigenvalue weighted by Crippen LogP contribution is 2.43. The molecule has 0 fully saturated rings. The number of amides is 1. The molecule has 1 atom stereocenters. The van der Waals surface area contributed by atoms with Crippen LogP contribution in [0.3, 0.4) is 0 Å². The van der Waals surface area contributed by atoms with Gasteiger partial charge in [0.1, 0.15) is 0 Å². The minimum Gasteiger partial charge on any atom is -0.493 e. The van der Waals surface area contributed by atoms with Crippen molar-refractivity contribution < 1.29 is 19.0 Å². The lowest BCUT2D eigenvalue weighted by Gasteiger charge is -2.22. The van der Waals surface area contributed by atoms with E-state index >= 15 is 0 Å². The molecule has 0 radical (unpaired) electrons. The zero-order chi connectivity index (χ0) is 34.5. The van der Waals surface area contributed by atoms with Gasteiger partial charge in [-0.25, -0.2) is 5.01 Å². The van der Waals surface area contributed by atoms with Crippen molar-refractivity contribution >= 4 is 69.7 Å². The lowest BCUT2D eigenvalue weighted by molar-refractivity contribution is -0.130. The average molecular weight is 700 g/mol. The van der Waals surface area contributed by atoms with Gasteiger partial charge in [-0.1, -0.05) is 35.3 Å². The van der Waals surface area contributed by atoms with E-state index in [1.165, 1.54) is 11.9 Å². The molecule has 1 aliphatic heterocycles. The molecule has 12 nitrogen and oxygen atoms in total. The van der Waals surface area contributed by atoms with Gasteiger partial charge in [0, 0.05) is 40.5 Å². The van der Waals surface area contributed by atoms with Crippen LogP contribution in [0.4, 0.5) is 34.9 Å². The molecule has 5 aromatic rings. The highest BCUT2D eigenvalue weighted by molar-refractivity contribution is 6.30. The van der Waals surface area contributed by atoms with Crippen molar-refractivity contribution in [2.45, 2.75) is 19.4 Å². The van der Waals surface area contributed by atoms with Crippen molar-refractivity contribution in [3.05, 3.63) is 106 Å². The minimum atomic E-state index is -0.359. The summed E-state index contributed by atoms with van der Waals surface area (Å²) in [5.41, 5.74) is 4.66. The van der Waals surface area contributed by atoms with Gasteiger partial charge in [0.15, 0.2) is 11.5 Å². The van der Waals surface area contributed by atoms with E-state index in [1.54, 1.807) is 45.6 Å². The number of hydrogen-bond donors (Lipinski definition) is 3. The Morgan fingerprint density at radius 2 is 1.12 bits per heavy atom. The molecule has 49 heavy (non-hydrogen) atoms. The maximum Gasteiger partial charge on any atom is 0.240 e. The summed E-state index contributed by atoms with van der Waals surface area (Å²) < 4.78 is 16.6. The summed E-state index contributed by atoms with van der Waals surface area (Å²) in [5.74, 6) is 2.23. The minimum absolute atomic E-state index is 0.187. The molecule has 1 unspecified atom stereocenters. The molecular weight excluding hydrogens is 667 g/mol. The number of anilines is 6. The third-order valence-corrected chi connectivity index (χ3v) is 8.12. The van der Waals surface area contributed by atoms with Crippen LogP contribution in [0.15, 0.2) is 90.0 Å². The molecule has 0 aliphatic carbocycles. The molecule has 3 N–H and O–H groups in total. The van der Waals surface area contributed by atoms with Gasteiger partial charge in [-0.3, -0.25) is 4.79 Å². The lowest BCUT2D eigenvalue weighted by Crippen LogP contribution is -2.24. The standard InChI is InChI=1S/C35H32Cl2N8O4/c1-20(46)45-29(22-17-30(47-2)32(49-4)31(18-22)48-3)19-28(44-45)21-5-11-25(12-6-21)38-33-41-34(39-26-13-7-23(36)8-14-26)43-35(42-33)40-27-15-9-24(37)10-16-27/h5-18,29H,19H2,1-4H3,(H3,38,39,40,41,42,43). The van der Waals surface area contributed by atoms with E-state index in [4.69, 9.17) is 42.5 Å². The molecule has 250 valence electrons. The molecule has 0 bridgehead atoms. The number of benzene rings is 4. The number of ether oxygens (including phenoxy) is 3. The van der Waals surface area contributed by atoms with E-state index < -0.39 is 0 Å². The normalized spacial score (nSPS) is 13.8. The summed E-state index contributed by atoms with van der Waals surface area (Å²) >= 11 is 12.1. The average Bonchev–Trinajstić information content (AvgIpc) is 3.56. The summed E-state index contributed by atoms with van der Waals surface area (Å²) in [7, 11) is 4.66. The van der Waals surface area contributed by atoms with Gasteiger partial charge in [-0.05, 0) is 83.9 Å². The Kier molecular flexibility index (Phi) is 9.97. The van der Waals surface area contributed by atoms with Gasteiger partial charge in [0.25, 0.3) is 0 Å². The Balaban J connectivity index is 1.24. The molecule has 6 rings (SSSR count). The summed E-state index contributed by atoms with van der Waals surface area (Å²) in [6.45, 7) is 1.49. The first-order valence-corrected chi connectivity index (χ1v) is 15.8. The fraction of sp³-hybridized carbons (Fsp3) is 0.171. The van der Waals surface area contributed by atoms with Crippen LogP contribution in [0.5, 0.6) is 17.2 Å². The Labute approximate surface area is 293 Å². The topological polar surface area (TPSA) is 135 Å². The molecule has 14 heteroatoms. The zero-order valence-electron chi connectivity index (χ0n) is 27.0. The van der Waals surface area contributed by atoms with Crippen LogP contribution in [-0.2, 0) is 4.79 Å². The number of carbonyl (C=O) groups excluding carboxylic acids is 1. The molecule has 1 aromatic heterocycles. The Bertz CT molecular complexity index is 1900. The van der Waals surface area contributed by atoms with Crippen LogP contribution in [0, 0.1) is 0 Å². The maximum atomic E-state index is 12.7. The number of carbonyl (C=O) groups is 1. The van der Waals surface area contributed by atoms with E-state index in [-0.39, 0.29) is 11.9 Å². The predicted molar refractivity (Wildman–Crippen MR) is 192 cm³/mol. The lowest BCUT2D eigenvalue weighted by atomic mass is 9.97. The fourth-order valence-electron chi connectivity index (χ4n) is 5.27. The number of rotatable bonds is 11. The molecule has 1 aliphatic rings. The Morgan fingerprint density at radius 3 is 1.51 bits per heavy atom. The number of methoxy groups -OCH3 is 3. The first kappa shape index (κ1) is 33.3. The first-order valence-electron chi connectivity index (χ1n) is 15.1. The molecule has 2 heterocycles. The fourth-order valence-corrected chi connectivity index (χ4v) is 5.52. The highest BCUT2D eigenvalue weighted by Gasteiger charge is 2.33. The van der Waals surface area contributed by atoms with E-state index in [0.717, 1.165) is 33.9 Å². The third kappa shape index (κ3) is 7.77. The third-order valence-electron chi connectivity index (χ3n) is 7.62. The number of aromatic nitrogens is 3. The molecule has 0 spiro atoms. The van der Waals surface area contributed by atoms with E-state index in [1.807, 2.05) is 60.7 Å². The first-order chi connectivity index (χ1) is 23.7. The van der Waals surface area contributed by atoms with Crippen molar-refractivity contribution in [1.82, 2.24) is 20.0 Å². The predicted octanol–water partition coefficient (Wildman–Crippen LogP) is 8.13. The van der Waals surface area contributed by atoms with Crippen molar-refractivity contribution in [3.8, 4) is 17.2 Å². The second kappa shape index (κ2) is 14.7. The number of nitrogens with one attached hydrogen (secondary N) is 3. The van der Waals surface area contributed by atoms with Crippen LogP contribution < -0.4 is 30.2 Å². The molecule has 1 amide bonds. The number of hydrazone groups is 1. The van der Waals surface area contributed by atoms with E-state index in [0.29, 0.717) is 51.6 Å². The van der Waals surface area contributed by atoms with Gasteiger partial charge < -0.3 is 30.2 Å². The van der Waals surface area contributed by atoms with Crippen LogP contribution >= 0.6 is 23.2 Å². The number of hydrogen-bond acceptors (Lipinski definition) is 11. The van der Waals surface area contributed by atoms with Gasteiger partial charge >= 0.3 is 0 Å². The van der Waals surface area contributed by atoms with Crippen LogP contribution in [0.2, 0.25) is 10.0 Å². The van der Waals surface area contributed by atoms with Crippen LogP contribution in [-0.4, -0.2) is 52.9 Å². The Morgan fingerprint density at radius 1 is 0.694 bits per heavy atom. The number of halogens is 2. The summed E-state index contributed by atoms with van der Waals surface area (Å²) in [5, 5.41) is 17.1. The van der Waals surface area contributed by atoms with Gasteiger partial charge in [-0.15, -0.1) is 0 Å². The quantitative estimate of drug-likeness (QED) is 0.124. The van der Waals surface area contributed by atoms with Gasteiger partial charge in [0.2, 0.25) is 29.5 Å². The van der Waals surface area contributed by atoms with E-state index in [2.05, 4.69) is 30.9 Å². The maximum absolute atomic E-state index is 12.7. The molecule has 0 saturated carbocycles. The molecular formula is C35H32Cl2N8O4. The van der Waals surface area contributed by atoms with Crippen LogP contribution in [0.25, 0.3) is 0 Å². The van der Waals surface area contributed by atoms with E-state index in [9.17, 15) is 4.79 Å². The Hall–Kier alpha value is -5.59. The van der Waals surface area contributed by atoms with Crippen molar-refractivity contribution in [2.75, 3.05) is 37.3 Å². The largest absolute Gasteiger partial charge is 0.493 e. The van der Waals surface area contributed by atoms with Crippen molar-refractivity contribution in [2.24, 2.45) is 5.10 Å². The molecule has 0 saturated heterocycles. The van der Waals surface area contributed by atoms with Crippen molar-refractivity contribution in [1.29, 1.82) is 0 Å². The van der Waals surface area contributed by atoms with Gasteiger partial charge in [-0.2, -0.15) is 20.1 Å². The second-order valence-electron chi connectivity index (χ2n) is 10.9. The van der Waals surface area contributed by atoms with Crippen molar-refractivity contribution in [3.63, 3.8) is 0 Å². The second-order valence-corrected chi connectivity index (χ2v) is 11.7. The summed E-state index contributed by atoms with van der Waals surface area (Å²) in [6.07, 6.45) is 0.484. The molecule has 4 aromatic carbocycles. The SMILES string of the molecule is COc1cc(C2CC(c3ccc(Nc4nc(Nc5ccc(Cl)cc5)nc(Nc5ccc(Cl)cc5)n4)cc3)=NN2C(C)=O)cc(OC)c1OC. The monoisotopic (exact) mass is 698 g/mol.